The number of benzene rings is 1. The molecule has 1 aromatic carbocycles. The number of urea groups is 1. The summed E-state index contributed by atoms with van der Waals surface area (Å²) in [5.41, 5.74) is 2.29. The molecule has 0 heterocycles. The third-order valence-corrected chi connectivity index (χ3v) is 3.38. The lowest BCUT2D eigenvalue weighted by Crippen LogP contribution is -2.41. The fraction of sp³-hybridized carbons (Fsp3) is 0.421. The Morgan fingerprint density at radius 1 is 1.26 bits per heavy atom. The number of ether oxygens (including phenoxy) is 1. The van der Waals surface area contributed by atoms with Crippen molar-refractivity contribution in [2.45, 2.75) is 33.1 Å². The molecule has 0 aliphatic heterocycles. The van der Waals surface area contributed by atoms with Gasteiger partial charge in [-0.25, -0.2) is 4.79 Å². The van der Waals surface area contributed by atoms with Crippen LogP contribution in [0.15, 0.2) is 43.5 Å². The molecule has 126 valence electrons. The van der Waals surface area contributed by atoms with Crippen molar-refractivity contribution in [2.24, 2.45) is 0 Å². The number of carbonyl (C=O) groups excluding carboxylic acids is 1. The molecule has 0 bridgehead atoms. The van der Waals surface area contributed by atoms with Crippen molar-refractivity contribution in [3.63, 3.8) is 0 Å². The van der Waals surface area contributed by atoms with Gasteiger partial charge in [-0.1, -0.05) is 50.6 Å². The Labute approximate surface area is 139 Å². The molecule has 0 spiro atoms. The zero-order chi connectivity index (χ0) is 17.5. The van der Waals surface area contributed by atoms with Crippen LogP contribution in [0.1, 0.15) is 31.9 Å². The van der Waals surface area contributed by atoms with Crippen molar-refractivity contribution in [2.75, 3.05) is 19.8 Å². The Kier molecular flexibility index (Phi) is 6.89. The van der Waals surface area contributed by atoms with Crippen molar-refractivity contribution in [1.29, 1.82) is 0 Å². The molecule has 0 aliphatic rings. The molecule has 23 heavy (non-hydrogen) atoms. The summed E-state index contributed by atoms with van der Waals surface area (Å²) in [6, 6.07) is 5.88. The van der Waals surface area contributed by atoms with E-state index in [2.05, 4.69) is 52.2 Å². The summed E-state index contributed by atoms with van der Waals surface area (Å²) in [4.78, 5) is 13.7. The second kappa shape index (κ2) is 8.42. The zero-order valence-electron chi connectivity index (χ0n) is 14.7. The highest BCUT2D eigenvalue weighted by Crippen LogP contribution is 2.31. The van der Waals surface area contributed by atoms with Crippen LogP contribution in [-0.2, 0) is 5.41 Å². The van der Waals surface area contributed by atoms with Crippen LogP contribution in [0.5, 0.6) is 5.75 Å². The van der Waals surface area contributed by atoms with E-state index >= 15 is 0 Å². The van der Waals surface area contributed by atoms with Gasteiger partial charge >= 0.3 is 6.03 Å². The maximum absolute atomic E-state index is 12.1. The first kappa shape index (κ1) is 18.8. The lowest BCUT2D eigenvalue weighted by Gasteiger charge is -2.24. The fourth-order valence-electron chi connectivity index (χ4n) is 2.20. The average molecular weight is 316 g/mol. The number of nitrogens with zero attached hydrogens (tertiary/aromatic N) is 1. The molecule has 0 aromatic heterocycles. The van der Waals surface area contributed by atoms with Gasteiger partial charge in [0.05, 0.1) is 0 Å². The summed E-state index contributed by atoms with van der Waals surface area (Å²) in [6.45, 7) is 16.8. The Balaban J connectivity index is 2.70. The number of carbonyl (C=O) groups is 1. The van der Waals surface area contributed by atoms with E-state index in [4.69, 9.17) is 4.74 Å². The number of aryl methyl sites for hydroxylation is 1. The van der Waals surface area contributed by atoms with Crippen LogP contribution in [0.2, 0.25) is 0 Å². The number of hydrogen-bond acceptors (Lipinski definition) is 2. The molecule has 4 nitrogen and oxygen atoms in total. The topological polar surface area (TPSA) is 41.6 Å². The normalized spacial score (nSPS) is 10.8. The highest BCUT2D eigenvalue weighted by molar-refractivity contribution is 5.74. The summed E-state index contributed by atoms with van der Waals surface area (Å²) in [5.74, 6) is 0.794. The first-order valence-corrected chi connectivity index (χ1v) is 7.78. The van der Waals surface area contributed by atoms with Gasteiger partial charge in [0.25, 0.3) is 0 Å². The zero-order valence-corrected chi connectivity index (χ0v) is 14.7. The third-order valence-electron chi connectivity index (χ3n) is 3.38. The molecular formula is C19H28N2O2. The van der Waals surface area contributed by atoms with E-state index in [9.17, 15) is 4.79 Å². The van der Waals surface area contributed by atoms with Gasteiger partial charge in [-0.3, -0.25) is 0 Å². The quantitative estimate of drug-likeness (QED) is 0.610. The molecule has 0 saturated carbocycles. The van der Waals surface area contributed by atoms with Gasteiger partial charge in [0.1, 0.15) is 5.75 Å². The van der Waals surface area contributed by atoms with E-state index in [-0.39, 0.29) is 18.2 Å². The van der Waals surface area contributed by atoms with Crippen molar-refractivity contribution >= 4 is 6.03 Å². The summed E-state index contributed by atoms with van der Waals surface area (Å²) < 4.78 is 5.79. The number of hydrogen-bond donors (Lipinski definition) is 1. The van der Waals surface area contributed by atoms with Crippen LogP contribution >= 0.6 is 0 Å². The van der Waals surface area contributed by atoms with E-state index < -0.39 is 0 Å². The van der Waals surface area contributed by atoms with Crippen LogP contribution in [0.3, 0.4) is 0 Å². The van der Waals surface area contributed by atoms with Gasteiger partial charge in [0, 0.05) is 13.1 Å². The standard InChI is InChI=1S/C19H28N2O2/c1-7-11-21(12-8-2)18(22)20-14-23-17-10-9-15(3)13-16(17)19(4,5)6/h7-10,13H,1-2,11-12,14H2,3-6H3,(H,20,22). The lowest BCUT2D eigenvalue weighted by atomic mass is 9.85. The predicted molar refractivity (Wildman–Crippen MR) is 95.9 cm³/mol. The van der Waals surface area contributed by atoms with Crippen LogP contribution in [0.25, 0.3) is 0 Å². The van der Waals surface area contributed by atoms with Crippen LogP contribution in [0, 0.1) is 6.92 Å². The number of rotatable bonds is 7. The van der Waals surface area contributed by atoms with E-state index in [1.165, 1.54) is 5.56 Å². The van der Waals surface area contributed by atoms with Crippen LogP contribution < -0.4 is 10.1 Å². The monoisotopic (exact) mass is 316 g/mol. The maximum Gasteiger partial charge on any atom is 0.320 e. The summed E-state index contributed by atoms with van der Waals surface area (Å²) in [6.07, 6.45) is 3.36. The molecule has 0 aliphatic carbocycles. The molecule has 0 radical (unpaired) electrons. The summed E-state index contributed by atoms with van der Waals surface area (Å²) in [7, 11) is 0. The first-order valence-electron chi connectivity index (χ1n) is 7.78. The van der Waals surface area contributed by atoms with Gasteiger partial charge in [0.2, 0.25) is 0 Å². The second-order valence-electron chi connectivity index (χ2n) is 6.50. The van der Waals surface area contributed by atoms with E-state index in [0.29, 0.717) is 13.1 Å². The molecule has 0 fully saturated rings. The number of nitrogens with one attached hydrogen (secondary N) is 1. The molecule has 0 unspecified atom stereocenters. The second-order valence-corrected chi connectivity index (χ2v) is 6.50. The van der Waals surface area contributed by atoms with Crippen molar-refractivity contribution in [3.05, 3.63) is 54.6 Å². The molecule has 4 heteroatoms. The Bertz CT molecular complexity index is 549. The van der Waals surface area contributed by atoms with Gasteiger partial charge in [-0.15, -0.1) is 13.2 Å². The van der Waals surface area contributed by atoms with E-state index in [1.807, 2.05) is 12.1 Å². The largest absolute Gasteiger partial charge is 0.473 e. The molecular weight excluding hydrogens is 288 g/mol. The third kappa shape index (κ3) is 5.81. The predicted octanol–water partition coefficient (Wildman–Crippen LogP) is 4.01. The van der Waals surface area contributed by atoms with E-state index in [0.717, 1.165) is 11.3 Å². The van der Waals surface area contributed by atoms with Crippen molar-refractivity contribution < 1.29 is 9.53 Å². The lowest BCUT2D eigenvalue weighted by molar-refractivity contribution is 0.193. The minimum atomic E-state index is -0.200. The SMILES string of the molecule is C=CCN(CC=C)C(=O)NCOc1ccc(C)cc1C(C)(C)C. The Morgan fingerprint density at radius 2 is 1.87 bits per heavy atom. The number of amides is 2. The van der Waals surface area contributed by atoms with Gasteiger partial charge in [-0.05, 0) is 24.0 Å². The summed E-state index contributed by atoms with van der Waals surface area (Å²) >= 11 is 0. The van der Waals surface area contributed by atoms with Gasteiger partial charge < -0.3 is 15.0 Å². The van der Waals surface area contributed by atoms with E-state index in [1.54, 1.807) is 17.1 Å². The molecule has 0 atom stereocenters. The fourth-order valence-corrected chi connectivity index (χ4v) is 2.20. The van der Waals surface area contributed by atoms with Crippen LogP contribution in [-0.4, -0.2) is 30.8 Å². The highest BCUT2D eigenvalue weighted by atomic mass is 16.5. The van der Waals surface area contributed by atoms with Crippen molar-refractivity contribution in [1.82, 2.24) is 10.2 Å². The minimum absolute atomic E-state index is 0.0247. The van der Waals surface area contributed by atoms with Crippen molar-refractivity contribution in [3.8, 4) is 5.75 Å². The molecule has 1 N–H and O–H groups in total. The molecule has 1 rings (SSSR count). The highest BCUT2D eigenvalue weighted by Gasteiger charge is 2.19. The minimum Gasteiger partial charge on any atom is -0.473 e. The smallest absolute Gasteiger partial charge is 0.320 e. The first-order chi connectivity index (χ1) is 10.8. The molecule has 2 amide bonds. The van der Waals surface area contributed by atoms with Gasteiger partial charge in [0.15, 0.2) is 6.73 Å². The maximum atomic E-state index is 12.1. The summed E-state index contributed by atoms with van der Waals surface area (Å²) in [5, 5.41) is 2.76. The Hall–Kier alpha value is -2.23. The Morgan fingerprint density at radius 3 is 2.39 bits per heavy atom. The molecule has 1 aromatic rings. The average Bonchev–Trinajstić information content (AvgIpc) is 2.47. The van der Waals surface area contributed by atoms with Crippen LogP contribution in [0.4, 0.5) is 4.79 Å². The van der Waals surface area contributed by atoms with Gasteiger partial charge in [-0.2, -0.15) is 0 Å². The molecule has 0 saturated heterocycles.